The number of ether oxygens (including phenoxy) is 7. The Labute approximate surface area is 453 Å². The molecule has 18 heteroatoms. The van der Waals surface area contributed by atoms with Crippen LogP contribution < -0.4 is 27.0 Å². The zero-order valence-electron chi connectivity index (χ0n) is 47.0. The summed E-state index contributed by atoms with van der Waals surface area (Å²) >= 11 is 1.92. The topological polar surface area (TPSA) is 217 Å². The van der Waals surface area contributed by atoms with E-state index in [9.17, 15) is 19.8 Å². The third-order valence-corrected chi connectivity index (χ3v) is 22.4. The maximum absolute atomic E-state index is 12.6. The molecule has 17 unspecified atom stereocenters. The van der Waals surface area contributed by atoms with Gasteiger partial charge in [0.25, 0.3) is 0 Å². The van der Waals surface area contributed by atoms with Gasteiger partial charge in [-0.25, -0.2) is 4.79 Å². The Hall–Kier alpha value is -1.39. The molecule has 0 aromatic carbocycles. The molecule has 5 saturated carbocycles. The van der Waals surface area contributed by atoms with Gasteiger partial charge in [0.2, 0.25) is 5.91 Å². The number of nitrogens with two attached hydrogens (primary N) is 1. The van der Waals surface area contributed by atoms with Crippen molar-refractivity contribution in [1.82, 2.24) is 26.2 Å². The van der Waals surface area contributed by atoms with E-state index < -0.39 is 23.3 Å². The highest BCUT2D eigenvalue weighted by atomic mass is 32.2. The number of hydrogen-bond donors (Lipinski definition) is 7. The van der Waals surface area contributed by atoms with E-state index in [1.807, 2.05) is 18.7 Å². The molecule has 3 amide bonds. The molecule has 5 aliphatic carbocycles. The van der Waals surface area contributed by atoms with Crippen LogP contribution in [0.25, 0.3) is 0 Å². The zero-order chi connectivity index (χ0) is 53.2. The van der Waals surface area contributed by atoms with Gasteiger partial charge in [-0.05, 0) is 150 Å². The van der Waals surface area contributed by atoms with Gasteiger partial charge in [0.15, 0.2) is 6.29 Å². The number of rotatable bonds is 28. The lowest BCUT2D eigenvalue weighted by Crippen LogP contribution is -2.70. The predicted octanol–water partition coefficient (Wildman–Crippen LogP) is 4.97. The van der Waals surface area contributed by atoms with Crippen molar-refractivity contribution < 1.29 is 53.0 Å². The van der Waals surface area contributed by atoms with E-state index in [-0.39, 0.29) is 88.0 Å². The number of nitrogens with zero attached hydrogens (tertiary/aromatic N) is 1. The lowest BCUT2D eigenvalue weighted by Gasteiger charge is -2.63. The number of carbonyl (C=O) groups excluding carboxylic acids is 2. The summed E-state index contributed by atoms with van der Waals surface area (Å²) in [5, 5.41) is 36.8. The van der Waals surface area contributed by atoms with Crippen molar-refractivity contribution in [2.45, 2.75) is 204 Å². The number of hydrogen-bond acceptors (Lipinski definition) is 15. The van der Waals surface area contributed by atoms with Gasteiger partial charge in [0.1, 0.15) is 6.10 Å². The molecule has 9 rings (SSSR count). The first-order chi connectivity index (χ1) is 35.9. The van der Waals surface area contributed by atoms with Gasteiger partial charge < -0.3 is 70.4 Å². The van der Waals surface area contributed by atoms with Crippen molar-refractivity contribution in [3.05, 3.63) is 0 Å². The summed E-state index contributed by atoms with van der Waals surface area (Å²) in [6.45, 7) is 24.9. The summed E-state index contributed by atoms with van der Waals surface area (Å²) in [6, 6.07) is 0.424. The van der Waals surface area contributed by atoms with Crippen LogP contribution in [0.1, 0.15) is 138 Å². The summed E-state index contributed by atoms with van der Waals surface area (Å²) in [5.41, 5.74) is 6.24. The van der Waals surface area contributed by atoms with Crippen LogP contribution in [0.15, 0.2) is 0 Å². The maximum Gasteiger partial charge on any atom is 0.315 e. The minimum absolute atomic E-state index is 0.00999. The van der Waals surface area contributed by atoms with Gasteiger partial charge in [-0.2, -0.15) is 11.8 Å². The smallest absolute Gasteiger partial charge is 0.315 e. The molecule has 2 spiro atoms. The summed E-state index contributed by atoms with van der Waals surface area (Å²) in [4.78, 5) is 26.3. The van der Waals surface area contributed by atoms with Crippen molar-refractivity contribution in [1.29, 1.82) is 0 Å². The molecule has 9 aliphatic rings. The number of aliphatic hydroxyl groups is 2. The van der Waals surface area contributed by atoms with E-state index in [0.717, 1.165) is 109 Å². The second kappa shape index (κ2) is 24.4. The molecule has 0 aromatic heterocycles. The fourth-order valence-corrected chi connectivity index (χ4v) is 19.0. The fourth-order valence-electron chi connectivity index (χ4n) is 17.4. The number of aliphatic hydroxyl groups excluding tert-OH is 1. The molecule has 4 heterocycles. The first-order valence-corrected chi connectivity index (χ1v) is 30.8. The molecule has 0 bridgehead atoms. The molecule has 8 N–H and O–H groups in total. The second-order valence-electron chi connectivity index (χ2n) is 26.0. The average molecular weight is 1080 g/mol. The van der Waals surface area contributed by atoms with Crippen LogP contribution in [0.4, 0.5) is 4.79 Å². The Bertz CT molecular complexity index is 1900. The highest BCUT2D eigenvalue weighted by Gasteiger charge is 2.85. The second-order valence-corrected chi connectivity index (χ2v) is 27.2. The van der Waals surface area contributed by atoms with E-state index >= 15 is 0 Å². The van der Waals surface area contributed by atoms with E-state index in [0.29, 0.717) is 77.0 Å². The highest BCUT2D eigenvalue weighted by molar-refractivity contribution is 8.00. The van der Waals surface area contributed by atoms with E-state index in [2.05, 4.69) is 53.9 Å². The molecular formula is C57H100N6O11S. The zero-order valence-corrected chi connectivity index (χ0v) is 47.8. The number of carbonyl (C=O) groups is 2. The lowest BCUT2D eigenvalue weighted by molar-refractivity contribution is -0.246. The fraction of sp³-hybridized carbons (Fsp3) is 0.965. The van der Waals surface area contributed by atoms with Crippen LogP contribution in [0.2, 0.25) is 0 Å². The van der Waals surface area contributed by atoms with Gasteiger partial charge in [-0.1, -0.05) is 34.1 Å². The predicted molar refractivity (Wildman–Crippen MR) is 289 cm³/mol. The number of amides is 3. The van der Waals surface area contributed by atoms with Crippen molar-refractivity contribution >= 4 is 23.7 Å². The van der Waals surface area contributed by atoms with Gasteiger partial charge in [-0.3, -0.25) is 9.69 Å². The monoisotopic (exact) mass is 1080 g/mol. The van der Waals surface area contributed by atoms with Gasteiger partial charge in [0.05, 0.1) is 80.7 Å². The first kappa shape index (κ1) is 58.3. The minimum atomic E-state index is -1.06. The number of nitrogens with one attached hydrogen (secondary N) is 4. The molecule has 17 nitrogen and oxygen atoms in total. The van der Waals surface area contributed by atoms with Crippen molar-refractivity contribution in [2.75, 3.05) is 97.9 Å². The third kappa shape index (κ3) is 11.7. The number of unbranched alkanes of at least 4 members (excludes halogenated alkanes) is 1. The quantitative estimate of drug-likeness (QED) is 0.0407. The SMILES string of the molecule is CCOC(C1CC(C)C2C(O1)C(O)C1(N)C3CCC4C(C)(C)C(OC5CN(CCNCCCOCCOCCOCCCNC(=O)CCCCC6SCC7NC(=O)NC76)CCO5)CCC45CC35CCC21C)C(C)(C)O. The normalized spacial score (nSPS) is 41.1. The molecule has 0 aromatic rings. The van der Waals surface area contributed by atoms with Crippen molar-refractivity contribution in [3.63, 3.8) is 0 Å². The standard InChI is InChI=1S/C57H100N6O11S/c1-8-71-50(53(5,6)67)39-33-37(2)46-48(73-39)49(65)57(58)42-16-15-41-52(3,4)43(17-18-55(41)36-56(42,55)20-19-54(46,57)7)74-45-34-63(25-28-72-45)24-23-59-21-11-26-68-29-31-70-32-30-69-27-12-22-60-44(64)14-10-9-13-40-47-38(35-75-40)61-51(66)62-47/h37-43,45-50,59,65,67H,8-36,58H2,1-7H3,(H,60,64)(H2,61,62,66). The van der Waals surface area contributed by atoms with Crippen molar-refractivity contribution in [2.24, 2.45) is 51.1 Å². The molecule has 0 radical (unpaired) electrons. The summed E-state index contributed by atoms with van der Waals surface area (Å²) in [7, 11) is 0. The van der Waals surface area contributed by atoms with Gasteiger partial charge in [-0.15, -0.1) is 0 Å². The number of morpholine rings is 1. The Morgan fingerprint density at radius 1 is 0.947 bits per heavy atom. The Balaban J connectivity index is 0.608. The third-order valence-electron chi connectivity index (χ3n) is 20.9. The highest BCUT2D eigenvalue weighted by Crippen LogP contribution is 2.87. The maximum atomic E-state index is 12.6. The molecule has 9 fully saturated rings. The summed E-state index contributed by atoms with van der Waals surface area (Å²) in [5.74, 6) is 2.30. The van der Waals surface area contributed by atoms with Crippen LogP contribution in [0.3, 0.4) is 0 Å². The van der Waals surface area contributed by atoms with Gasteiger partial charge >= 0.3 is 6.03 Å². The largest absolute Gasteiger partial charge is 0.388 e. The molecule has 430 valence electrons. The minimum Gasteiger partial charge on any atom is -0.388 e. The van der Waals surface area contributed by atoms with Crippen LogP contribution in [0, 0.1) is 45.3 Å². The van der Waals surface area contributed by atoms with Crippen LogP contribution >= 0.6 is 11.8 Å². The molecule has 4 aliphatic heterocycles. The summed E-state index contributed by atoms with van der Waals surface area (Å²) in [6.07, 6.45) is 11.6. The first-order valence-electron chi connectivity index (χ1n) is 29.7. The number of urea groups is 1. The van der Waals surface area contributed by atoms with Gasteiger partial charge in [0, 0.05) is 70.0 Å². The number of thioether (sulfide) groups is 1. The Morgan fingerprint density at radius 3 is 2.41 bits per heavy atom. The average Bonchev–Trinajstić information content (AvgIpc) is 3.71. The van der Waals surface area contributed by atoms with E-state index in [1.54, 1.807) is 13.8 Å². The Kier molecular flexibility index (Phi) is 18.9. The molecular weight excluding hydrogens is 977 g/mol. The lowest BCUT2D eigenvalue weighted by atomic mass is 9.43. The van der Waals surface area contributed by atoms with E-state index in [1.165, 1.54) is 12.8 Å². The van der Waals surface area contributed by atoms with E-state index in [4.69, 9.17) is 38.9 Å². The molecule has 17 atom stereocenters. The van der Waals surface area contributed by atoms with Crippen molar-refractivity contribution in [3.8, 4) is 0 Å². The molecule has 75 heavy (non-hydrogen) atoms. The van der Waals surface area contributed by atoms with Crippen LogP contribution in [-0.2, 0) is 38.0 Å². The Morgan fingerprint density at radius 2 is 1.67 bits per heavy atom. The summed E-state index contributed by atoms with van der Waals surface area (Å²) < 4.78 is 43.5. The van der Waals surface area contributed by atoms with Crippen LogP contribution in [-0.4, -0.2) is 190 Å². The van der Waals surface area contributed by atoms with Crippen LogP contribution in [0.5, 0.6) is 0 Å². The number of fused-ring (bicyclic) bond motifs is 5. The molecule has 4 saturated heterocycles.